The Hall–Kier alpha value is -2.51. The van der Waals surface area contributed by atoms with Gasteiger partial charge in [0.1, 0.15) is 0 Å². The fraction of sp³-hybridized carbons (Fsp3) is 0.588. The molecule has 0 spiro atoms. The molecule has 2 aromatic heterocycles. The van der Waals surface area contributed by atoms with Gasteiger partial charge in [0.25, 0.3) is 11.5 Å². The van der Waals surface area contributed by atoms with Gasteiger partial charge in [-0.3, -0.25) is 9.59 Å². The molecule has 2 heterocycles. The van der Waals surface area contributed by atoms with E-state index in [0.717, 1.165) is 62.6 Å². The van der Waals surface area contributed by atoms with Gasteiger partial charge in [0, 0.05) is 12.1 Å². The van der Waals surface area contributed by atoms with Crippen molar-refractivity contribution < 1.29 is 4.79 Å². The number of fused-ring (bicyclic) bond motifs is 1. The van der Waals surface area contributed by atoms with Gasteiger partial charge in [0.2, 0.25) is 0 Å². The van der Waals surface area contributed by atoms with Crippen molar-refractivity contribution >= 4 is 5.91 Å². The van der Waals surface area contributed by atoms with Crippen LogP contribution in [0.5, 0.6) is 0 Å². The van der Waals surface area contributed by atoms with E-state index >= 15 is 0 Å². The van der Waals surface area contributed by atoms with Crippen LogP contribution in [0.15, 0.2) is 17.1 Å². The molecule has 4 rings (SSSR count). The highest BCUT2D eigenvalue weighted by atomic mass is 16.2. The monoisotopic (exact) mass is 342 g/mol. The number of hydrogen-bond acceptors (Lipinski definition) is 5. The van der Waals surface area contributed by atoms with Crippen LogP contribution in [0.25, 0.3) is 0 Å². The highest BCUT2D eigenvalue weighted by molar-refractivity contribution is 5.91. The highest BCUT2D eigenvalue weighted by Gasteiger charge is 2.26. The minimum absolute atomic E-state index is 0.00994. The van der Waals surface area contributed by atoms with E-state index in [1.54, 1.807) is 10.7 Å². The molecule has 0 aliphatic heterocycles. The molecule has 8 nitrogen and oxygen atoms in total. The van der Waals surface area contributed by atoms with Gasteiger partial charge in [-0.1, -0.05) is 0 Å². The first-order chi connectivity index (χ1) is 12.2. The number of aromatic nitrogens is 5. The van der Waals surface area contributed by atoms with Crippen molar-refractivity contribution in [2.45, 2.75) is 63.5 Å². The summed E-state index contributed by atoms with van der Waals surface area (Å²) in [6, 6.07) is 2.01. The minimum atomic E-state index is -0.207. The summed E-state index contributed by atoms with van der Waals surface area (Å²) in [6.45, 7) is 0. The molecule has 1 fully saturated rings. The third kappa shape index (κ3) is 3.33. The number of nitrogens with one attached hydrogen (secondary N) is 2. The minimum Gasteiger partial charge on any atom is -0.348 e. The average Bonchev–Trinajstić information content (AvgIpc) is 3.17. The molecule has 1 amide bonds. The molecule has 0 unspecified atom stereocenters. The van der Waals surface area contributed by atoms with Gasteiger partial charge in [-0.15, -0.1) is 0 Å². The zero-order chi connectivity index (χ0) is 17.2. The summed E-state index contributed by atoms with van der Waals surface area (Å²) in [5.41, 5.74) is 2.53. The first-order valence-electron chi connectivity index (χ1n) is 8.99. The Morgan fingerprint density at radius 1 is 1.20 bits per heavy atom. The average molecular weight is 342 g/mol. The third-order valence-corrected chi connectivity index (χ3v) is 5.26. The maximum atomic E-state index is 12.4. The number of amides is 1. The second-order valence-electron chi connectivity index (χ2n) is 6.94. The number of aromatic amines is 1. The molecule has 0 radical (unpaired) electrons. The molecule has 1 saturated carbocycles. The van der Waals surface area contributed by atoms with Gasteiger partial charge in [-0.05, 0) is 56.9 Å². The van der Waals surface area contributed by atoms with Crippen LogP contribution < -0.4 is 10.9 Å². The van der Waals surface area contributed by atoms with E-state index in [1.807, 2.05) is 0 Å². The van der Waals surface area contributed by atoms with Crippen LogP contribution in [-0.2, 0) is 12.8 Å². The number of nitrogens with zero attached hydrogens (tertiary/aromatic N) is 4. The number of carbonyl (C=O) groups is 1. The van der Waals surface area contributed by atoms with Crippen molar-refractivity contribution in [3.05, 3.63) is 39.6 Å². The molecule has 25 heavy (non-hydrogen) atoms. The van der Waals surface area contributed by atoms with Gasteiger partial charge < -0.3 is 5.32 Å². The van der Waals surface area contributed by atoms with Gasteiger partial charge in [0.05, 0.1) is 17.9 Å². The topological polar surface area (TPSA) is 106 Å². The normalized spacial score (nSPS) is 23.0. The molecule has 0 bridgehead atoms. The molecule has 2 N–H and O–H groups in total. The first kappa shape index (κ1) is 16.0. The zero-order valence-electron chi connectivity index (χ0n) is 14.1. The Bertz CT molecular complexity index is 805. The third-order valence-electron chi connectivity index (χ3n) is 5.26. The number of aryl methyl sites for hydroxylation is 2. The van der Waals surface area contributed by atoms with E-state index < -0.39 is 0 Å². The molecular weight excluding hydrogens is 320 g/mol. The van der Waals surface area contributed by atoms with E-state index in [4.69, 9.17) is 0 Å². The van der Waals surface area contributed by atoms with Crippen molar-refractivity contribution in [1.29, 1.82) is 0 Å². The van der Waals surface area contributed by atoms with E-state index in [2.05, 4.69) is 25.8 Å². The summed E-state index contributed by atoms with van der Waals surface area (Å²) in [6.07, 6.45) is 9.01. The van der Waals surface area contributed by atoms with Crippen molar-refractivity contribution in [3.8, 4) is 0 Å². The smallest absolute Gasteiger partial charge is 0.273 e. The van der Waals surface area contributed by atoms with E-state index in [-0.39, 0.29) is 23.6 Å². The van der Waals surface area contributed by atoms with Crippen LogP contribution in [0.2, 0.25) is 0 Å². The lowest BCUT2D eigenvalue weighted by atomic mass is 9.91. The van der Waals surface area contributed by atoms with Gasteiger partial charge >= 0.3 is 0 Å². The summed E-state index contributed by atoms with van der Waals surface area (Å²) < 4.78 is 1.68. The van der Waals surface area contributed by atoms with Crippen LogP contribution in [-0.4, -0.2) is 37.1 Å². The molecular formula is C17H22N6O2. The van der Waals surface area contributed by atoms with Gasteiger partial charge in [0.15, 0.2) is 5.69 Å². The molecule has 2 aliphatic carbocycles. The maximum absolute atomic E-state index is 12.4. The Balaban J connectivity index is 1.40. The molecule has 132 valence electrons. The quantitative estimate of drug-likeness (QED) is 0.870. The number of rotatable bonds is 3. The molecule has 2 aliphatic rings. The summed E-state index contributed by atoms with van der Waals surface area (Å²) in [4.78, 5) is 24.5. The van der Waals surface area contributed by atoms with Crippen molar-refractivity contribution in [2.24, 2.45) is 0 Å². The van der Waals surface area contributed by atoms with Crippen LogP contribution >= 0.6 is 0 Å². The van der Waals surface area contributed by atoms with Gasteiger partial charge in [-0.2, -0.15) is 20.5 Å². The highest BCUT2D eigenvalue weighted by Crippen LogP contribution is 2.28. The second kappa shape index (κ2) is 6.78. The SMILES string of the molecule is O=C(NC1CCC(n2nc3c(cc2=O)CCCC3)CC1)c1cn[nH]n1. The van der Waals surface area contributed by atoms with Crippen LogP contribution in [0.1, 0.15) is 66.3 Å². The second-order valence-corrected chi connectivity index (χ2v) is 6.94. The zero-order valence-corrected chi connectivity index (χ0v) is 14.1. The lowest BCUT2D eigenvalue weighted by Crippen LogP contribution is -2.40. The van der Waals surface area contributed by atoms with Gasteiger partial charge in [-0.25, -0.2) is 4.68 Å². The summed E-state index contributed by atoms with van der Waals surface area (Å²) >= 11 is 0. The van der Waals surface area contributed by atoms with Crippen molar-refractivity contribution in [3.63, 3.8) is 0 Å². The number of hydrogen-bond donors (Lipinski definition) is 2. The fourth-order valence-corrected chi connectivity index (χ4v) is 3.87. The predicted molar refractivity (Wildman–Crippen MR) is 90.3 cm³/mol. The van der Waals surface area contributed by atoms with Crippen molar-refractivity contribution in [2.75, 3.05) is 0 Å². The Morgan fingerprint density at radius 3 is 2.76 bits per heavy atom. The Labute approximate surface area is 145 Å². The van der Waals surface area contributed by atoms with Crippen LogP contribution in [0.4, 0.5) is 0 Å². The van der Waals surface area contributed by atoms with E-state index in [9.17, 15) is 9.59 Å². The predicted octanol–water partition coefficient (Wildman–Crippen LogP) is 1.15. The van der Waals surface area contributed by atoms with Crippen LogP contribution in [0.3, 0.4) is 0 Å². The summed E-state index contributed by atoms with van der Waals surface area (Å²) in [5, 5.41) is 17.5. The summed E-state index contributed by atoms with van der Waals surface area (Å²) in [5.74, 6) is -0.207. The fourth-order valence-electron chi connectivity index (χ4n) is 3.87. The standard InChI is InChI=1S/C17H22N6O2/c24-16-9-11-3-1-2-4-14(11)21-23(16)13-7-5-12(6-8-13)19-17(25)15-10-18-22-20-15/h9-10,12-13H,1-8H2,(H,19,25)(H,18,20,22). The van der Waals surface area contributed by atoms with Crippen molar-refractivity contribution in [1.82, 2.24) is 30.5 Å². The molecule has 8 heteroatoms. The Kier molecular flexibility index (Phi) is 4.33. The Morgan fingerprint density at radius 2 is 2.00 bits per heavy atom. The largest absolute Gasteiger partial charge is 0.348 e. The van der Waals surface area contributed by atoms with E-state index in [0.29, 0.717) is 5.69 Å². The molecule has 2 aromatic rings. The van der Waals surface area contributed by atoms with E-state index in [1.165, 1.54) is 6.20 Å². The molecule has 0 atom stereocenters. The molecule has 0 saturated heterocycles. The summed E-state index contributed by atoms with van der Waals surface area (Å²) in [7, 11) is 0. The van der Waals surface area contributed by atoms with Crippen LogP contribution in [0, 0.1) is 0 Å². The number of H-pyrrole nitrogens is 1. The molecule has 0 aromatic carbocycles. The lowest BCUT2D eigenvalue weighted by molar-refractivity contribution is 0.0916. The lowest BCUT2D eigenvalue weighted by Gasteiger charge is -2.30. The first-order valence-corrected chi connectivity index (χ1v) is 8.99. The number of carbonyl (C=O) groups excluding carboxylic acids is 1. The maximum Gasteiger partial charge on any atom is 0.273 e.